The van der Waals surface area contributed by atoms with Crippen LogP contribution in [0.5, 0.6) is 0 Å². The molecule has 3 amide bonds. The van der Waals surface area contributed by atoms with E-state index in [1.807, 2.05) is 0 Å². The lowest BCUT2D eigenvalue weighted by atomic mass is 9.87. The number of hydrogen-bond donors (Lipinski definition) is 25. The van der Waals surface area contributed by atoms with Crippen LogP contribution in [-0.2, 0) is 95.0 Å². The van der Waals surface area contributed by atoms with Crippen LogP contribution in [0.25, 0.3) is 0 Å². The Hall–Kier alpha value is -3.60. The van der Waals surface area contributed by atoms with Gasteiger partial charge >= 0.3 is 5.97 Å². The average Bonchev–Trinajstić information content (AvgIpc) is 0.765. The fourth-order valence-corrected chi connectivity index (χ4v) is 13.7. The third kappa shape index (κ3) is 18.9. The van der Waals surface area contributed by atoms with Gasteiger partial charge in [-0.1, -0.05) is 6.92 Å². The summed E-state index contributed by atoms with van der Waals surface area (Å²) in [7, 11) is 0. The Kier molecular flexibility index (Phi) is 30.9. The second kappa shape index (κ2) is 37.4. The first-order valence-corrected chi connectivity index (χ1v) is 33.4. The molecule has 0 saturated carbocycles. The molecule has 602 valence electrons. The normalized spacial score (nSPS) is 47.9. The predicted molar refractivity (Wildman–Crippen MR) is 323 cm³/mol. The highest BCUT2D eigenvalue weighted by molar-refractivity contribution is 5.74. The van der Waals surface area contributed by atoms with Crippen molar-refractivity contribution in [2.24, 2.45) is 5.92 Å². The Morgan fingerprint density at radius 3 is 1.32 bits per heavy atom. The van der Waals surface area contributed by atoms with Gasteiger partial charge in [-0.2, -0.15) is 0 Å². The Bertz CT molecular complexity index is 2710. The highest BCUT2D eigenvalue weighted by atomic mass is 16.9. The van der Waals surface area contributed by atoms with Crippen LogP contribution in [0.15, 0.2) is 0 Å². The zero-order chi connectivity index (χ0) is 76.8. The summed E-state index contributed by atoms with van der Waals surface area (Å²) in [6, 6.07) is -4.97. The van der Waals surface area contributed by atoms with Gasteiger partial charge in [0.25, 0.3) is 6.47 Å². The van der Waals surface area contributed by atoms with Gasteiger partial charge in [-0.05, 0) is 6.92 Å². The van der Waals surface area contributed by atoms with Crippen LogP contribution in [0.2, 0.25) is 0 Å². The highest BCUT2D eigenvalue weighted by Gasteiger charge is 2.61. The molecule has 0 aromatic carbocycles. The van der Waals surface area contributed by atoms with Crippen molar-refractivity contribution in [3.63, 3.8) is 0 Å². The summed E-state index contributed by atoms with van der Waals surface area (Å²) >= 11 is 0. The highest BCUT2D eigenvalue weighted by Crippen LogP contribution is 2.42. The third-order valence-corrected chi connectivity index (χ3v) is 19.3. The van der Waals surface area contributed by atoms with E-state index in [9.17, 15) is 132 Å². The summed E-state index contributed by atoms with van der Waals surface area (Å²) in [5.41, 5.74) is 0. The Labute approximate surface area is 590 Å². The van der Waals surface area contributed by atoms with Crippen LogP contribution >= 0.6 is 0 Å². The fraction of sp³-hybridized carbons (Fsp3) is 0.932. The van der Waals surface area contributed by atoms with E-state index in [2.05, 4.69) is 16.0 Å². The molecule has 8 fully saturated rings. The maximum Gasteiger partial charge on any atom is 0.332 e. The van der Waals surface area contributed by atoms with Crippen LogP contribution < -0.4 is 16.0 Å². The van der Waals surface area contributed by atoms with Gasteiger partial charge in [-0.3, -0.25) is 19.2 Å². The Balaban J connectivity index is 1.08. The molecule has 8 aliphatic heterocycles. The summed E-state index contributed by atoms with van der Waals surface area (Å²) < 4.78 is 94.0. The van der Waals surface area contributed by atoms with Gasteiger partial charge in [0.2, 0.25) is 17.7 Å². The summed E-state index contributed by atoms with van der Waals surface area (Å²) in [4.78, 5) is 50.1. The van der Waals surface area contributed by atoms with Crippen LogP contribution in [0.3, 0.4) is 0 Å². The lowest BCUT2D eigenvalue weighted by molar-refractivity contribution is -0.448. The number of hydrogen-bond acceptors (Lipinski definition) is 42. The first kappa shape index (κ1) is 86.0. The second-order valence-electron chi connectivity index (χ2n) is 26.6. The zero-order valence-corrected chi connectivity index (χ0v) is 56.5. The Morgan fingerprint density at radius 2 is 0.827 bits per heavy atom. The molecule has 25 N–H and O–H groups in total. The molecule has 8 heterocycles. The van der Waals surface area contributed by atoms with Crippen molar-refractivity contribution >= 4 is 24.2 Å². The number of aliphatic hydroxyl groups excluding tert-OH is 22. The molecular weight excluding hydrogens is 1420 g/mol. The first-order chi connectivity index (χ1) is 49.2. The van der Waals surface area contributed by atoms with Crippen molar-refractivity contribution in [2.75, 3.05) is 52.9 Å². The molecule has 0 aromatic heterocycles. The number of nitrogens with one attached hydrogen (secondary N) is 3. The van der Waals surface area contributed by atoms with E-state index in [-0.39, 0.29) is 6.47 Å². The maximum atomic E-state index is 13.1. The Morgan fingerprint density at radius 1 is 0.433 bits per heavy atom. The smallest absolute Gasteiger partial charge is 0.332 e. The quantitative estimate of drug-likeness (QED) is 0.0244. The number of ether oxygens (including phenoxy) is 16. The van der Waals surface area contributed by atoms with Gasteiger partial charge in [-0.25, -0.2) is 0 Å². The molecule has 0 aliphatic carbocycles. The molecule has 45 nitrogen and oxygen atoms in total. The van der Waals surface area contributed by atoms with Crippen LogP contribution in [0.4, 0.5) is 0 Å². The summed E-state index contributed by atoms with van der Waals surface area (Å²) in [6.07, 6.45) is -72.6. The maximum absolute atomic E-state index is 13.1. The molecular formula is C59H99N3O42. The van der Waals surface area contributed by atoms with Gasteiger partial charge in [0.15, 0.2) is 37.7 Å². The summed E-state index contributed by atoms with van der Waals surface area (Å²) in [6.45, 7) is -2.70. The van der Waals surface area contributed by atoms with Crippen molar-refractivity contribution in [3.05, 3.63) is 0 Å². The summed E-state index contributed by atoms with van der Waals surface area (Å²) in [5, 5.41) is 251. The van der Waals surface area contributed by atoms with Crippen molar-refractivity contribution in [1.29, 1.82) is 0 Å². The lowest BCUT2D eigenvalue weighted by Crippen LogP contribution is -2.71. The van der Waals surface area contributed by atoms with Crippen LogP contribution in [0.1, 0.15) is 41.0 Å². The van der Waals surface area contributed by atoms with E-state index in [0.29, 0.717) is 0 Å². The first-order valence-electron chi connectivity index (χ1n) is 33.4. The number of aliphatic hydroxyl groups is 22. The van der Waals surface area contributed by atoms with Crippen molar-refractivity contribution in [1.82, 2.24) is 16.0 Å². The molecule has 0 spiro atoms. The number of carbonyl (C=O) groups is 4. The molecule has 0 bridgehead atoms. The third-order valence-electron chi connectivity index (χ3n) is 19.3. The van der Waals surface area contributed by atoms with Crippen molar-refractivity contribution < 1.29 is 207 Å². The van der Waals surface area contributed by atoms with Crippen molar-refractivity contribution in [3.8, 4) is 0 Å². The monoisotopic (exact) mass is 1520 g/mol. The molecule has 104 heavy (non-hydrogen) atoms. The lowest BCUT2D eigenvalue weighted by Gasteiger charge is -2.51. The van der Waals surface area contributed by atoms with Gasteiger partial charge in [0.1, 0.15) is 177 Å². The molecule has 0 radical (unpaired) electrons. The minimum atomic E-state index is -2.85. The molecule has 8 saturated heterocycles. The molecule has 45 heteroatoms. The van der Waals surface area contributed by atoms with E-state index in [4.69, 9.17) is 75.8 Å². The largest absolute Gasteiger partial charge is 0.410 e. The number of rotatable bonds is 29. The van der Waals surface area contributed by atoms with Crippen LogP contribution in [-0.4, -0.2) is 434 Å². The average molecular weight is 1520 g/mol. The minimum absolute atomic E-state index is 0.236. The minimum Gasteiger partial charge on any atom is -0.410 e. The molecule has 0 aromatic rings. The topological polar surface area (TPSA) is 697 Å². The van der Waals surface area contributed by atoms with E-state index in [1.165, 1.54) is 13.8 Å². The van der Waals surface area contributed by atoms with E-state index in [1.54, 1.807) is 0 Å². The number of amides is 3. The standard InChI is InChI=1S/C59H99N3O42/c1-16-21(74)6-59(90-15-70,103-46(16)33(76)22(75)7-63)104-51-36(79)25(10-66)93-57(45(51)88)100-49-28(13-69)96-54(32(40(49)83)62-20(5)73)102-52-42(85)35(78)24(9-65)94-58(52)101-50-37(80)29(14-89-55-43(86)41(84)34(77)23(8-64)92-55)97-56(44(50)87)99-48-27(12-68)95-53(31(39(48)82)61-19(4)72)98-47-26(11-67)91-17(2)30(38(47)81)60-18(3)71/h15-17,21-58,63-69,74-88H,6-14H2,1-5H3,(H,60,71)(H,61,72)(H,62,73)/t16-,17+,21-,22?,23?,24?,25?,26?,27?,28?,29?,30?,31?,32?,33?,34-,35-,36+,37-,38-,39-,40-,41+,42?,43?,44?,45?,46?,47-,48-,49+,50+,51+,52?,53+,54+,55+,56+,57+,58-,59+/m1/s1. The molecule has 41 atom stereocenters. The fourth-order valence-electron chi connectivity index (χ4n) is 13.7. The van der Waals surface area contributed by atoms with E-state index in [0.717, 1.165) is 20.8 Å². The van der Waals surface area contributed by atoms with Crippen molar-refractivity contribution in [2.45, 2.75) is 286 Å². The van der Waals surface area contributed by atoms with Gasteiger partial charge in [0.05, 0.1) is 83.6 Å². The SMILES string of the molecule is CC(=O)NC1[C@H](O[C@@H]2C(CO)O[C@@H](C)C(NC(C)=O)[C@H]2O)OC(CO)[C@@H](O[C@@H]2OC(CO[C@H]3OC(CO)[C@@H](O)[C@H](O)C3O)[C@@H](O)[C@H](O[C@H]3OC(CO)[C@@H](O)C(O)C3O[C@@H]3OC(CO)[C@H](O[C@@H]4OC(CO)[C@H](O)[C@H](O[C@]5(OC=O)C[C@@H](O)[C@@H](C)C(C(O)C(O)CO)O5)C4O)[C@H](O)C3NC(C)=O)C2O)[C@@H]1O. The second-order valence-corrected chi connectivity index (χ2v) is 26.6. The van der Waals surface area contributed by atoms with E-state index >= 15 is 0 Å². The molecule has 18 unspecified atom stereocenters. The van der Waals surface area contributed by atoms with Gasteiger partial charge in [0, 0.05) is 26.7 Å². The van der Waals surface area contributed by atoms with Crippen LogP contribution in [0, 0.1) is 5.92 Å². The predicted octanol–water partition coefficient (Wildman–Crippen LogP) is -16.4. The molecule has 8 rings (SSSR count). The van der Waals surface area contributed by atoms with E-state index < -0.39 is 328 Å². The number of carbonyl (C=O) groups excluding carboxylic acids is 4. The summed E-state index contributed by atoms with van der Waals surface area (Å²) in [5.74, 6) is -6.38. The molecule has 8 aliphatic rings. The van der Waals surface area contributed by atoms with Gasteiger partial charge < -0.3 is 204 Å². The zero-order valence-electron chi connectivity index (χ0n) is 56.5. The van der Waals surface area contributed by atoms with Gasteiger partial charge in [-0.15, -0.1) is 0 Å².